The van der Waals surface area contributed by atoms with E-state index in [4.69, 9.17) is 5.73 Å². The van der Waals surface area contributed by atoms with Crippen molar-refractivity contribution in [3.05, 3.63) is 46.2 Å². The maximum atomic E-state index is 12.7. The number of piperazine rings is 1. The van der Waals surface area contributed by atoms with Gasteiger partial charge in [0.1, 0.15) is 0 Å². The molecular formula is C17H16N4O2S2. The molecule has 6 nitrogen and oxygen atoms in total. The fourth-order valence-electron chi connectivity index (χ4n) is 2.93. The molecule has 0 atom stereocenters. The second-order valence-electron chi connectivity index (χ2n) is 5.80. The summed E-state index contributed by atoms with van der Waals surface area (Å²) in [6.45, 7) is 2.17. The number of carbonyl (C=O) groups is 2. The molecule has 3 heterocycles. The monoisotopic (exact) mass is 372 g/mol. The lowest BCUT2D eigenvalue weighted by Gasteiger charge is -2.34. The van der Waals surface area contributed by atoms with Gasteiger partial charge in [0.15, 0.2) is 5.13 Å². The van der Waals surface area contributed by atoms with Gasteiger partial charge in [0.25, 0.3) is 11.8 Å². The zero-order valence-electron chi connectivity index (χ0n) is 13.3. The summed E-state index contributed by atoms with van der Waals surface area (Å²) >= 11 is 2.85. The number of fused-ring (bicyclic) bond motifs is 1. The predicted molar refractivity (Wildman–Crippen MR) is 100 cm³/mol. The Kier molecular flexibility index (Phi) is 4.14. The Morgan fingerprint density at radius 2 is 1.76 bits per heavy atom. The average molecular weight is 372 g/mol. The SMILES string of the molecule is Nc1nc2cc(C(=O)N3CCN(C(=O)c4cccs4)CC3)ccc2s1. The molecule has 0 bridgehead atoms. The van der Waals surface area contributed by atoms with Crippen LogP contribution in [0.2, 0.25) is 0 Å². The molecule has 3 aromatic rings. The highest BCUT2D eigenvalue weighted by Crippen LogP contribution is 2.25. The van der Waals surface area contributed by atoms with Crippen molar-refractivity contribution in [2.24, 2.45) is 0 Å². The van der Waals surface area contributed by atoms with Gasteiger partial charge in [-0.3, -0.25) is 9.59 Å². The molecule has 2 aromatic heterocycles. The van der Waals surface area contributed by atoms with Crippen molar-refractivity contribution in [1.82, 2.24) is 14.8 Å². The van der Waals surface area contributed by atoms with E-state index in [9.17, 15) is 9.59 Å². The number of nitrogens with two attached hydrogens (primary N) is 1. The maximum Gasteiger partial charge on any atom is 0.264 e. The number of anilines is 1. The van der Waals surface area contributed by atoms with Gasteiger partial charge in [-0.05, 0) is 29.6 Å². The number of hydrogen-bond donors (Lipinski definition) is 1. The summed E-state index contributed by atoms with van der Waals surface area (Å²) in [6, 6.07) is 9.19. The van der Waals surface area contributed by atoms with Crippen LogP contribution in [0, 0.1) is 0 Å². The Hall–Kier alpha value is -2.45. The lowest BCUT2D eigenvalue weighted by molar-refractivity contribution is 0.0538. The van der Waals surface area contributed by atoms with Crippen molar-refractivity contribution in [1.29, 1.82) is 0 Å². The van der Waals surface area contributed by atoms with E-state index in [-0.39, 0.29) is 11.8 Å². The molecule has 1 saturated heterocycles. The Morgan fingerprint density at radius 3 is 2.44 bits per heavy atom. The third kappa shape index (κ3) is 3.10. The van der Waals surface area contributed by atoms with Gasteiger partial charge < -0.3 is 15.5 Å². The first-order chi connectivity index (χ1) is 12.1. The van der Waals surface area contributed by atoms with Crippen LogP contribution in [0.4, 0.5) is 5.13 Å². The first kappa shape index (κ1) is 16.0. The minimum Gasteiger partial charge on any atom is -0.375 e. The molecule has 1 aromatic carbocycles. The van der Waals surface area contributed by atoms with E-state index in [1.165, 1.54) is 22.7 Å². The van der Waals surface area contributed by atoms with Crippen LogP contribution in [0.25, 0.3) is 10.2 Å². The Labute approximate surface area is 152 Å². The van der Waals surface area contributed by atoms with Crippen LogP contribution in [0.3, 0.4) is 0 Å². The Balaban J connectivity index is 1.44. The van der Waals surface area contributed by atoms with Gasteiger partial charge in [-0.15, -0.1) is 11.3 Å². The highest BCUT2D eigenvalue weighted by Gasteiger charge is 2.26. The number of aromatic nitrogens is 1. The highest BCUT2D eigenvalue weighted by atomic mass is 32.1. The molecule has 128 valence electrons. The van der Waals surface area contributed by atoms with Crippen LogP contribution in [0.15, 0.2) is 35.7 Å². The van der Waals surface area contributed by atoms with Gasteiger partial charge >= 0.3 is 0 Å². The van der Waals surface area contributed by atoms with Crippen LogP contribution in [0.5, 0.6) is 0 Å². The number of carbonyl (C=O) groups excluding carboxylic acids is 2. The van der Waals surface area contributed by atoms with Crippen molar-refractivity contribution >= 4 is 49.8 Å². The van der Waals surface area contributed by atoms with Gasteiger partial charge in [-0.1, -0.05) is 17.4 Å². The molecule has 0 aliphatic carbocycles. The minimum absolute atomic E-state index is 0.0308. The second kappa shape index (κ2) is 6.45. The normalized spacial score (nSPS) is 14.9. The zero-order valence-corrected chi connectivity index (χ0v) is 15.0. The van der Waals surface area contributed by atoms with Crippen molar-refractivity contribution in [3.63, 3.8) is 0 Å². The number of hydrogen-bond acceptors (Lipinski definition) is 6. The topological polar surface area (TPSA) is 79.5 Å². The summed E-state index contributed by atoms with van der Waals surface area (Å²) in [5, 5.41) is 2.40. The number of rotatable bonds is 2. The number of nitrogen functional groups attached to an aromatic ring is 1. The molecule has 8 heteroatoms. The molecule has 1 aliphatic rings. The van der Waals surface area contributed by atoms with Crippen LogP contribution in [-0.2, 0) is 0 Å². The van der Waals surface area contributed by atoms with Gasteiger partial charge in [0.2, 0.25) is 0 Å². The third-order valence-corrected chi connectivity index (χ3v) is 5.96. The standard InChI is InChI=1S/C17H16N4O2S2/c18-17-19-12-10-11(3-4-13(12)25-17)15(22)20-5-7-21(8-6-20)16(23)14-2-1-9-24-14/h1-4,9-10H,5-8H2,(H2,18,19). The Bertz CT molecular complexity index is 927. The minimum atomic E-state index is -0.0308. The van der Waals surface area contributed by atoms with E-state index in [1.54, 1.807) is 15.9 Å². The van der Waals surface area contributed by atoms with E-state index in [0.717, 1.165) is 15.1 Å². The lowest BCUT2D eigenvalue weighted by atomic mass is 10.1. The van der Waals surface area contributed by atoms with Gasteiger partial charge in [-0.25, -0.2) is 4.98 Å². The number of nitrogens with zero attached hydrogens (tertiary/aromatic N) is 3. The van der Waals surface area contributed by atoms with E-state index in [0.29, 0.717) is 36.9 Å². The molecule has 2 N–H and O–H groups in total. The largest absolute Gasteiger partial charge is 0.375 e. The first-order valence-corrected chi connectivity index (χ1v) is 9.59. The maximum absolute atomic E-state index is 12.7. The van der Waals surface area contributed by atoms with Crippen LogP contribution >= 0.6 is 22.7 Å². The van der Waals surface area contributed by atoms with Crippen molar-refractivity contribution < 1.29 is 9.59 Å². The molecule has 25 heavy (non-hydrogen) atoms. The summed E-state index contributed by atoms with van der Waals surface area (Å²) in [4.78, 5) is 33.7. The molecule has 1 aliphatic heterocycles. The van der Waals surface area contributed by atoms with Gasteiger partial charge in [-0.2, -0.15) is 0 Å². The molecule has 0 saturated carbocycles. The summed E-state index contributed by atoms with van der Waals surface area (Å²) in [7, 11) is 0. The highest BCUT2D eigenvalue weighted by molar-refractivity contribution is 7.22. The molecule has 0 radical (unpaired) electrons. The molecule has 0 spiro atoms. The smallest absolute Gasteiger partial charge is 0.264 e. The zero-order chi connectivity index (χ0) is 17.4. The van der Waals surface area contributed by atoms with Gasteiger partial charge in [0, 0.05) is 31.7 Å². The molecular weight excluding hydrogens is 356 g/mol. The number of thiazole rings is 1. The lowest BCUT2D eigenvalue weighted by Crippen LogP contribution is -2.50. The average Bonchev–Trinajstić information content (AvgIpc) is 3.28. The van der Waals surface area contributed by atoms with E-state index < -0.39 is 0 Å². The summed E-state index contributed by atoms with van der Waals surface area (Å²) < 4.78 is 0.973. The quantitative estimate of drug-likeness (QED) is 0.750. The number of amides is 2. The summed E-state index contributed by atoms with van der Waals surface area (Å²) in [5.74, 6) is 0.0122. The van der Waals surface area contributed by atoms with Crippen LogP contribution < -0.4 is 5.73 Å². The number of thiophene rings is 1. The van der Waals surface area contributed by atoms with E-state index in [1.807, 2.05) is 29.6 Å². The fraction of sp³-hybridized carbons (Fsp3) is 0.235. The molecule has 1 fully saturated rings. The molecule has 4 rings (SSSR count). The summed E-state index contributed by atoms with van der Waals surface area (Å²) in [6.07, 6.45) is 0. The van der Waals surface area contributed by atoms with E-state index >= 15 is 0 Å². The predicted octanol–water partition coefficient (Wildman–Crippen LogP) is 2.54. The van der Waals surface area contributed by atoms with Crippen LogP contribution in [-0.4, -0.2) is 52.8 Å². The molecule has 0 unspecified atom stereocenters. The van der Waals surface area contributed by atoms with Crippen LogP contribution in [0.1, 0.15) is 20.0 Å². The van der Waals surface area contributed by atoms with Crippen molar-refractivity contribution in [2.75, 3.05) is 31.9 Å². The molecule has 2 amide bonds. The fourth-order valence-corrected chi connectivity index (χ4v) is 4.33. The Morgan fingerprint density at radius 1 is 1.04 bits per heavy atom. The first-order valence-electron chi connectivity index (χ1n) is 7.90. The third-order valence-electron chi connectivity index (χ3n) is 4.24. The van der Waals surface area contributed by atoms with E-state index in [2.05, 4.69) is 4.98 Å². The second-order valence-corrected chi connectivity index (χ2v) is 7.81. The number of benzene rings is 1. The van der Waals surface area contributed by atoms with Crippen molar-refractivity contribution in [3.8, 4) is 0 Å². The van der Waals surface area contributed by atoms with Gasteiger partial charge in [0.05, 0.1) is 15.1 Å². The summed E-state index contributed by atoms with van der Waals surface area (Å²) in [5.41, 5.74) is 7.08. The van der Waals surface area contributed by atoms with Crippen molar-refractivity contribution in [2.45, 2.75) is 0 Å².